The van der Waals surface area contributed by atoms with Crippen LogP contribution in [-0.4, -0.2) is 34.1 Å². The molecule has 4 rings (SSSR count). The molecule has 11 heteroatoms. The largest absolute Gasteiger partial charge is 0.387 e. The summed E-state index contributed by atoms with van der Waals surface area (Å²) in [6.07, 6.45) is 0.346. The molecule has 2 aromatic carbocycles. The number of rotatable bonds is 9. The maximum absolute atomic E-state index is 13.6. The average Bonchev–Trinajstić information content (AvgIpc) is 3.21. The SMILES string of the molecule is Cc1c(CN(C)CC(O)c2cc(F)c(F)c(F)c2)sc2c(=O)c(CC(=O)NCc3ccc(Cl)cc3)cn(C)c12. The number of likely N-dealkylation sites (N-methyl/N-ethyl adjacent to an activating group) is 1. The molecule has 1 atom stereocenters. The maximum atomic E-state index is 13.6. The molecule has 0 radical (unpaired) electrons. The van der Waals surface area contributed by atoms with Gasteiger partial charge in [-0.1, -0.05) is 23.7 Å². The number of aryl methyl sites for hydroxylation is 2. The molecule has 0 spiro atoms. The van der Waals surface area contributed by atoms with Gasteiger partial charge in [-0.05, 0) is 54.9 Å². The first kappa shape index (κ1) is 28.8. The smallest absolute Gasteiger partial charge is 0.224 e. The van der Waals surface area contributed by atoms with Crippen molar-refractivity contribution in [1.82, 2.24) is 14.8 Å². The van der Waals surface area contributed by atoms with Crippen LogP contribution in [-0.2, 0) is 31.4 Å². The van der Waals surface area contributed by atoms with Crippen LogP contribution < -0.4 is 10.7 Å². The van der Waals surface area contributed by atoms with E-state index in [1.54, 1.807) is 30.3 Å². The number of hydrogen-bond donors (Lipinski definition) is 2. The molecule has 0 saturated carbocycles. The van der Waals surface area contributed by atoms with E-state index in [4.69, 9.17) is 11.6 Å². The van der Waals surface area contributed by atoms with Gasteiger partial charge < -0.3 is 15.0 Å². The molecule has 0 aliphatic carbocycles. The van der Waals surface area contributed by atoms with Crippen molar-refractivity contribution in [2.45, 2.75) is 32.5 Å². The van der Waals surface area contributed by atoms with Gasteiger partial charge in [0.15, 0.2) is 17.5 Å². The summed E-state index contributed by atoms with van der Waals surface area (Å²) >= 11 is 7.20. The van der Waals surface area contributed by atoms with Crippen molar-refractivity contribution in [3.63, 3.8) is 0 Å². The first-order chi connectivity index (χ1) is 18.4. The summed E-state index contributed by atoms with van der Waals surface area (Å²) in [4.78, 5) is 28.5. The third-order valence-electron chi connectivity index (χ3n) is 6.46. The number of aliphatic hydroxyl groups excluding tert-OH is 1. The Morgan fingerprint density at radius 3 is 2.46 bits per heavy atom. The highest BCUT2D eigenvalue weighted by Gasteiger charge is 2.21. The van der Waals surface area contributed by atoms with Crippen molar-refractivity contribution >= 4 is 39.1 Å². The van der Waals surface area contributed by atoms with Crippen LogP contribution >= 0.6 is 22.9 Å². The molecule has 2 N–H and O–H groups in total. The molecule has 39 heavy (non-hydrogen) atoms. The lowest BCUT2D eigenvalue weighted by Gasteiger charge is -2.21. The zero-order chi connectivity index (χ0) is 28.4. The van der Waals surface area contributed by atoms with Crippen molar-refractivity contribution < 1.29 is 23.1 Å². The van der Waals surface area contributed by atoms with Crippen LogP contribution in [0.4, 0.5) is 13.2 Å². The zero-order valence-electron chi connectivity index (χ0n) is 21.5. The third-order valence-corrected chi connectivity index (χ3v) is 7.97. The average molecular weight is 578 g/mol. The van der Waals surface area contributed by atoms with Crippen LogP contribution in [0.3, 0.4) is 0 Å². The molecule has 0 bridgehead atoms. The number of benzene rings is 2. The Labute approximate surface area is 232 Å². The van der Waals surface area contributed by atoms with Crippen molar-refractivity contribution in [3.8, 4) is 0 Å². The van der Waals surface area contributed by atoms with Crippen molar-refractivity contribution in [1.29, 1.82) is 0 Å². The predicted molar refractivity (Wildman–Crippen MR) is 146 cm³/mol. The normalized spacial score (nSPS) is 12.3. The maximum Gasteiger partial charge on any atom is 0.224 e. The van der Waals surface area contributed by atoms with Gasteiger partial charge >= 0.3 is 0 Å². The fraction of sp³-hybridized carbons (Fsp3) is 0.286. The zero-order valence-corrected chi connectivity index (χ0v) is 23.1. The number of pyridine rings is 1. The summed E-state index contributed by atoms with van der Waals surface area (Å²) in [5.41, 5.74) is 2.60. The van der Waals surface area contributed by atoms with E-state index in [0.717, 1.165) is 33.7 Å². The predicted octanol–water partition coefficient (Wildman–Crippen LogP) is 5.00. The van der Waals surface area contributed by atoms with Gasteiger partial charge in [0.05, 0.1) is 22.7 Å². The molecule has 1 unspecified atom stereocenters. The molecule has 2 heterocycles. The lowest BCUT2D eigenvalue weighted by atomic mass is 10.1. The number of carbonyl (C=O) groups excluding carboxylic acids is 1. The monoisotopic (exact) mass is 577 g/mol. The van der Waals surface area contributed by atoms with Crippen LogP contribution in [0.15, 0.2) is 47.4 Å². The molecule has 206 valence electrons. The standard InChI is InChI=1S/C28H27ClF3N3O3S/c1-15-23(14-34(2)13-22(36)17-8-20(30)25(32)21(31)9-17)39-28-26(15)35(3)12-18(27(28)38)10-24(37)33-11-16-4-6-19(29)7-5-16/h4-9,12,22,36H,10-11,13-14H2,1-3H3,(H,33,37). The second-order valence-electron chi connectivity index (χ2n) is 9.51. The van der Waals surface area contributed by atoms with Crippen LogP contribution in [0.2, 0.25) is 5.02 Å². The van der Waals surface area contributed by atoms with Crippen LogP contribution in [0.5, 0.6) is 0 Å². The summed E-state index contributed by atoms with van der Waals surface area (Å²) in [5.74, 6) is -4.59. The molecule has 0 fully saturated rings. The number of nitrogens with zero attached hydrogens (tertiary/aromatic N) is 2. The first-order valence-electron chi connectivity index (χ1n) is 12.1. The van der Waals surface area contributed by atoms with Crippen molar-refractivity contribution in [2.75, 3.05) is 13.6 Å². The van der Waals surface area contributed by atoms with E-state index >= 15 is 0 Å². The lowest BCUT2D eigenvalue weighted by Crippen LogP contribution is -2.27. The minimum Gasteiger partial charge on any atom is -0.387 e. The molecule has 6 nitrogen and oxygen atoms in total. The molecule has 0 aliphatic heterocycles. The van der Waals surface area contributed by atoms with Gasteiger partial charge in [0.2, 0.25) is 11.3 Å². The van der Waals surface area contributed by atoms with Crippen molar-refractivity contribution in [2.24, 2.45) is 7.05 Å². The number of halogens is 4. The lowest BCUT2D eigenvalue weighted by molar-refractivity contribution is -0.120. The Bertz CT molecular complexity index is 1560. The van der Waals surface area contributed by atoms with E-state index in [9.17, 15) is 27.9 Å². The summed E-state index contributed by atoms with van der Waals surface area (Å²) in [5, 5.41) is 13.9. The summed E-state index contributed by atoms with van der Waals surface area (Å²) in [7, 11) is 3.53. The quantitative estimate of drug-likeness (QED) is 0.275. The van der Waals surface area contributed by atoms with Crippen molar-refractivity contribution in [3.05, 3.63) is 102 Å². The number of carbonyl (C=O) groups is 1. The van der Waals surface area contributed by atoms with E-state index in [1.807, 2.05) is 30.7 Å². The van der Waals surface area contributed by atoms with Gasteiger partial charge in [-0.2, -0.15) is 0 Å². The Hall–Kier alpha value is -3.18. The van der Waals surface area contributed by atoms with Gasteiger partial charge in [0, 0.05) is 48.3 Å². The van der Waals surface area contributed by atoms with Gasteiger partial charge in [-0.3, -0.25) is 14.5 Å². The summed E-state index contributed by atoms with van der Waals surface area (Å²) in [6, 6.07) is 8.66. The van der Waals surface area contributed by atoms with Gasteiger partial charge in [-0.25, -0.2) is 13.2 Å². The molecular weight excluding hydrogens is 551 g/mol. The van der Waals surface area contributed by atoms with E-state index in [1.165, 1.54) is 11.3 Å². The van der Waals surface area contributed by atoms with E-state index in [-0.39, 0.29) is 29.9 Å². The fourth-order valence-electron chi connectivity index (χ4n) is 4.42. The molecule has 0 aliphatic rings. The van der Waals surface area contributed by atoms with Gasteiger partial charge in [0.25, 0.3) is 0 Å². The molecular formula is C28H27ClF3N3O3S. The van der Waals surface area contributed by atoms with Crippen LogP contribution in [0, 0.1) is 24.4 Å². The van der Waals surface area contributed by atoms with Gasteiger partial charge in [-0.15, -0.1) is 11.3 Å². The molecule has 2 aromatic heterocycles. The highest BCUT2D eigenvalue weighted by atomic mass is 35.5. The first-order valence-corrected chi connectivity index (χ1v) is 13.3. The minimum absolute atomic E-state index is 0.0214. The molecule has 0 saturated heterocycles. The Morgan fingerprint density at radius 2 is 1.82 bits per heavy atom. The Kier molecular flexibility index (Phi) is 8.80. The van der Waals surface area contributed by atoms with E-state index < -0.39 is 23.6 Å². The number of aliphatic hydroxyl groups is 1. The fourth-order valence-corrected chi connectivity index (χ4v) is 5.95. The Morgan fingerprint density at radius 1 is 1.18 bits per heavy atom. The minimum atomic E-state index is -1.58. The second kappa shape index (κ2) is 11.9. The Balaban J connectivity index is 1.48. The number of fused-ring (bicyclic) bond motifs is 1. The van der Waals surface area contributed by atoms with Gasteiger partial charge in [0.1, 0.15) is 0 Å². The summed E-state index contributed by atoms with van der Waals surface area (Å²) in [6.45, 7) is 2.58. The number of hydrogen-bond acceptors (Lipinski definition) is 5. The molecule has 1 amide bonds. The third kappa shape index (κ3) is 6.52. The number of thiophene rings is 1. The second-order valence-corrected chi connectivity index (χ2v) is 11.1. The topological polar surface area (TPSA) is 74.6 Å². The molecule has 4 aromatic rings. The summed E-state index contributed by atoms with van der Waals surface area (Å²) < 4.78 is 42.8. The van der Waals surface area contributed by atoms with Crippen LogP contribution in [0.25, 0.3) is 10.2 Å². The number of amides is 1. The van der Waals surface area contributed by atoms with E-state index in [2.05, 4.69) is 5.32 Å². The number of nitrogens with one attached hydrogen (secondary N) is 1. The van der Waals surface area contributed by atoms with Crippen LogP contribution in [0.1, 0.15) is 33.2 Å². The highest BCUT2D eigenvalue weighted by Crippen LogP contribution is 2.30. The number of aromatic nitrogens is 1. The highest BCUT2D eigenvalue weighted by molar-refractivity contribution is 7.19. The van der Waals surface area contributed by atoms with E-state index in [0.29, 0.717) is 28.4 Å².